The Bertz CT molecular complexity index is 931. The maximum Gasteiger partial charge on any atom is 0.337 e. The number of hydrogen-bond donors (Lipinski definition) is 2. The number of carbonyl (C=O) groups is 1. The molecule has 1 aromatic heterocycles. The number of aromatic nitrogens is 3. The van der Waals surface area contributed by atoms with E-state index in [1.54, 1.807) is 37.6 Å². The van der Waals surface area contributed by atoms with Crippen LogP contribution in [0.4, 0.5) is 17.5 Å². The fourth-order valence-corrected chi connectivity index (χ4v) is 2.61. The highest BCUT2D eigenvalue weighted by molar-refractivity contribution is 5.89. The number of ether oxygens (including phenoxy) is 2. The molecule has 3 aromatic rings. The number of para-hydroxylation sites is 1. The summed E-state index contributed by atoms with van der Waals surface area (Å²) in [6, 6.07) is 14.7. The van der Waals surface area contributed by atoms with Gasteiger partial charge >= 0.3 is 5.97 Å². The molecule has 144 valence electrons. The van der Waals surface area contributed by atoms with Gasteiger partial charge in [-0.3, -0.25) is 0 Å². The minimum absolute atomic E-state index is 0.355. The lowest BCUT2D eigenvalue weighted by atomic mass is 10.1. The van der Waals surface area contributed by atoms with Crippen molar-refractivity contribution in [3.05, 3.63) is 65.9 Å². The molecule has 0 radical (unpaired) electrons. The number of nitrogens with one attached hydrogen (secondary N) is 2. The van der Waals surface area contributed by atoms with E-state index in [0.717, 1.165) is 23.4 Å². The van der Waals surface area contributed by atoms with Gasteiger partial charge in [-0.05, 0) is 42.3 Å². The molecule has 0 unspecified atom stereocenters. The van der Waals surface area contributed by atoms with Gasteiger partial charge < -0.3 is 20.1 Å². The summed E-state index contributed by atoms with van der Waals surface area (Å²) in [4.78, 5) is 15.9. The van der Waals surface area contributed by atoms with Crippen molar-refractivity contribution < 1.29 is 14.3 Å². The molecule has 0 aliphatic carbocycles. The fraction of sp³-hybridized carbons (Fsp3) is 0.200. The van der Waals surface area contributed by atoms with Gasteiger partial charge in [0.2, 0.25) is 5.95 Å². The molecule has 28 heavy (non-hydrogen) atoms. The average molecular weight is 379 g/mol. The Labute approximate surface area is 162 Å². The third kappa shape index (κ3) is 4.94. The molecule has 0 aliphatic heterocycles. The molecular weight excluding hydrogens is 358 g/mol. The van der Waals surface area contributed by atoms with E-state index < -0.39 is 0 Å². The van der Waals surface area contributed by atoms with Crippen LogP contribution in [-0.2, 0) is 11.2 Å². The van der Waals surface area contributed by atoms with Crippen molar-refractivity contribution >= 4 is 23.4 Å². The highest BCUT2D eigenvalue weighted by atomic mass is 16.5. The van der Waals surface area contributed by atoms with E-state index in [2.05, 4.69) is 30.6 Å². The summed E-state index contributed by atoms with van der Waals surface area (Å²) < 4.78 is 10.0. The molecule has 0 bridgehead atoms. The lowest BCUT2D eigenvalue weighted by Crippen LogP contribution is -2.09. The zero-order valence-corrected chi connectivity index (χ0v) is 15.7. The van der Waals surface area contributed by atoms with E-state index in [9.17, 15) is 4.79 Å². The van der Waals surface area contributed by atoms with Crippen molar-refractivity contribution in [2.45, 2.75) is 6.42 Å². The molecule has 0 atom stereocenters. The van der Waals surface area contributed by atoms with Crippen LogP contribution in [0.3, 0.4) is 0 Å². The SMILES string of the molecule is COC(=O)c1ccc(Nc2nncc(NCCc3ccccc3OC)n2)cc1. The Morgan fingerprint density at radius 2 is 1.86 bits per heavy atom. The van der Waals surface area contributed by atoms with Crippen LogP contribution in [0.25, 0.3) is 0 Å². The van der Waals surface area contributed by atoms with E-state index in [-0.39, 0.29) is 5.97 Å². The first-order valence-corrected chi connectivity index (χ1v) is 8.70. The van der Waals surface area contributed by atoms with Crippen molar-refractivity contribution in [3.8, 4) is 5.75 Å². The van der Waals surface area contributed by atoms with Gasteiger partial charge in [0.15, 0.2) is 5.82 Å². The van der Waals surface area contributed by atoms with Gasteiger partial charge in [-0.25, -0.2) is 4.79 Å². The molecule has 3 rings (SSSR count). The Hall–Kier alpha value is -3.68. The lowest BCUT2D eigenvalue weighted by Gasteiger charge is -2.10. The Balaban J connectivity index is 1.58. The van der Waals surface area contributed by atoms with Crippen molar-refractivity contribution in [1.82, 2.24) is 15.2 Å². The fourth-order valence-electron chi connectivity index (χ4n) is 2.61. The lowest BCUT2D eigenvalue weighted by molar-refractivity contribution is 0.0601. The minimum Gasteiger partial charge on any atom is -0.496 e. The number of esters is 1. The van der Waals surface area contributed by atoms with Crippen molar-refractivity contribution in [2.75, 3.05) is 31.4 Å². The first kappa shape index (κ1) is 19.1. The summed E-state index contributed by atoms with van der Waals surface area (Å²) in [5, 5.41) is 14.2. The third-order valence-electron chi connectivity index (χ3n) is 4.01. The van der Waals surface area contributed by atoms with Crippen LogP contribution in [0.5, 0.6) is 5.75 Å². The van der Waals surface area contributed by atoms with Gasteiger partial charge in [-0.2, -0.15) is 10.1 Å². The second-order valence-electron chi connectivity index (χ2n) is 5.85. The molecule has 0 fully saturated rings. The second-order valence-corrected chi connectivity index (χ2v) is 5.85. The summed E-state index contributed by atoms with van der Waals surface area (Å²) in [5.41, 5.74) is 2.32. The van der Waals surface area contributed by atoms with Crippen LogP contribution in [0.1, 0.15) is 15.9 Å². The van der Waals surface area contributed by atoms with E-state index in [1.807, 2.05) is 24.3 Å². The monoisotopic (exact) mass is 379 g/mol. The third-order valence-corrected chi connectivity index (χ3v) is 4.01. The summed E-state index contributed by atoms with van der Waals surface area (Å²) in [6.45, 7) is 0.673. The van der Waals surface area contributed by atoms with Gasteiger partial charge in [0.1, 0.15) is 5.75 Å². The van der Waals surface area contributed by atoms with Gasteiger partial charge in [0.25, 0.3) is 0 Å². The number of methoxy groups -OCH3 is 2. The molecule has 0 saturated heterocycles. The molecule has 2 N–H and O–H groups in total. The number of anilines is 3. The second kappa shape index (κ2) is 9.31. The Kier molecular flexibility index (Phi) is 6.35. The normalized spacial score (nSPS) is 10.2. The van der Waals surface area contributed by atoms with E-state index in [0.29, 0.717) is 23.9 Å². The molecule has 8 nitrogen and oxygen atoms in total. The first-order chi connectivity index (χ1) is 13.7. The smallest absolute Gasteiger partial charge is 0.337 e. The molecule has 0 aliphatic rings. The number of benzene rings is 2. The van der Waals surface area contributed by atoms with Crippen LogP contribution in [0, 0.1) is 0 Å². The zero-order chi connectivity index (χ0) is 19.8. The topological polar surface area (TPSA) is 98.3 Å². The van der Waals surface area contributed by atoms with Crippen LogP contribution < -0.4 is 15.4 Å². The van der Waals surface area contributed by atoms with Crippen molar-refractivity contribution in [3.63, 3.8) is 0 Å². The molecule has 1 heterocycles. The number of nitrogens with zero attached hydrogens (tertiary/aromatic N) is 3. The van der Waals surface area contributed by atoms with Gasteiger partial charge in [-0.1, -0.05) is 18.2 Å². The average Bonchev–Trinajstić information content (AvgIpc) is 2.74. The van der Waals surface area contributed by atoms with E-state index in [1.165, 1.54) is 7.11 Å². The summed E-state index contributed by atoms with van der Waals surface area (Å²) in [5.74, 6) is 1.44. The summed E-state index contributed by atoms with van der Waals surface area (Å²) >= 11 is 0. The quantitative estimate of drug-likeness (QED) is 0.576. The number of carbonyl (C=O) groups excluding carboxylic acids is 1. The molecular formula is C20H21N5O3. The molecule has 0 amide bonds. The molecule has 0 spiro atoms. The standard InChI is InChI=1S/C20H21N5O3/c1-27-17-6-4-3-5-14(17)11-12-21-18-13-22-25-20(24-18)23-16-9-7-15(8-10-16)19(26)28-2/h3-10,13H,11-12H2,1-2H3,(H2,21,23,24,25). The molecule has 2 aromatic carbocycles. The molecule has 0 saturated carbocycles. The summed E-state index contributed by atoms with van der Waals surface area (Å²) in [7, 11) is 3.01. The van der Waals surface area contributed by atoms with Crippen LogP contribution in [0.2, 0.25) is 0 Å². The van der Waals surface area contributed by atoms with E-state index in [4.69, 9.17) is 4.74 Å². The van der Waals surface area contributed by atoms with Gasteiger partial charge in [0, 0.05) is 12.2 Å². The zero-order valence-electron chi connectivity index (χ0n) is 15.7. The highest BCUT2D eigenvalue weighted by Gasteiger charge is 2.06. The number of rotatable bonds is 8. The van der Waals surface area contributed by atoms with Gasteiger partial charge in [0.05, 0.1) is 26.0 Å². The Morgan fingerprint density at radius 3 is 2.61 bits per heavy atom. The van der Waals surface area contributed by atoms with E-state index >= 15 is 0 Å². The number of hydrogen-bond acceptors (Lipinski definition) is 8. The first-order valence-electron chi connectivity index (χ1n) is 8.70. The minimum atomic E-state index is -0.384. The maximum atomic E-state index is 11.5. The van der Waals surface area contributed by atoms with Crippen LogP contribution >= 0.6 is 0 Å². The highest BCUT2D eigenvalue weighted by Crippen LogP contribution is 2.18. The van der Waals surface area contributed by atoms with Gasteiger partial charge in [-0.15, -0.1) is 5.10 Å². The molecule has 8 heteroatoms. The summed E-state index contributed by atoms with van der Waals surface area (Å²) in [6.07, 6.45) is 2.35. The maximum absolute atomic E-state index is 11.5. The predicted octanol–water partition coefficient (Wildman–Crippen LogP) is 3.07. The van der Waals surface area contributed by atoms with Crippen LogP contribution in [0.15, 0.2) is 54.7 Å². The van der Waals surface area contributed by atoms with Crippen molar-refractivity contribution in [1.29, 1.82) is 0 Å². The van der Waals surface area contributed by atoms with Crippen LogP contribution in [-0.4, -0.2) is 41.9 Å². The Morgan fingerprint density at radius 1 is 1.07 bits per heavy atom. The predicted molar refractivity (Wildman–Crippen MR) is 106 cm³/mol. The van der Waals surface area contributed by atoms with Crippen molar-refractivity contribution in [2.24, 2.45) is 0 Å². The largest absolute Gasteiger partial charge is 0.496 e.